The molecule has 3 N–H and O–H groups in total. The van der Waals surface area contributed by atoms with E-state index in [0.29, 0.717) is 23.6 Å². The van der Waals surface area contributed by atoms with Crippen LogP contribution in [-0.4, -0.2) is 35.8 Å². The third-order valence-corrected chi connectivity index (χ3v) is 8.04. The Hall–Kier alpha value is -3.56. The van der Waals surface area contributed by atoms with Crippen molar-refractivity contribution < 1.29 is 12.9 Å². The minimum absolute atomic E-state index is 0.231. The Labute approximate surface area is 205 Å². The fourth-order valence-electron chi connectivity index (χ4n) is 3.83. The van der Waals surface area contributed by atoms with Crippen molar-refractivity contribution in [2.24, 2.45) is 0 Å². The van der Waals surface area contributed by atoms with E-state index in [4.69, 9.17) is 15.2 Å². The highest BCUT2D eigenvalue weighted by Gasteiger charge is 2.23. The van der Waals surface area contributed by atoms with Gasteiger partial charge in [0.2, 0.25) is 0 Å². The summed E-state index contributed by atoms with van der Waals surface area (Å²) < 4.78 is 30.6. The zero-order chi connectivity index (χ0) is 25.2. The molecule has 182 valence electrons. The molecule has 4 rings (SSSR count). The summed E-state index contributed by atoms with van der Waals surface area (Å²) in [6.45, 7) is 6.13. The van der Waals surface area contributed by atoms with E-state index in [1.807, 2.05) is 26.1 Å². The Balaban J connectivity index is 1.72. The van der Waals surface area contributed by atoms with Crippen LogP contribution in [0.15, 0.2) is 64.1 Å². The zero-order valence-electron chi connectivity index (χ0n) is 20.2. The quantitative estimate of drug-likeness (QED) is 0.369. The van der Waals surface area contributed by atoms with Crippen molar-refractivity contribution in [2.45, 2.75) is 43.9 Å². The van der Waals surface area contributed by atoms with Crippen LogP contribution >= 0.6 is 0 Å². The van der Waals surface area contributed by atoms with E-state index in [0.717, 1.165) is 28.9 Å². The van der Waals surface area contributed by atoms with Gasteiger partial charge in [-0.25, -0.2) is 18.4 Å². The number of benzene rings is 2. The zero-order valence-corrected chi connectivity index (χ0v) is 21.1. The minimum Gasteiger partial charge on any atom is -0.382 e. The molecular weight excluding hydrogens is 462 g/mol. The predicted octanol–water partition coefficient (Wildman–Crippen LogP) is 4.51. The molecule has 0 amide bonds. The van der Waals surface area contributed by atoms with Gasteiger partial charge in [0.15, 0.2) is 27.1 Å². The molecule has 35 heavy (non-hydrogen) atoms. The lowest BCUT2D eigenvalue weighted by Crippen LogP contribution is -2.13. The van der Waals surface area contributed by atoms with Crippen molar-refractivity contribution in [1.29, 1.82) is 0 Å². The largest absolute Gasteiger partial charge is 0.382 e. The van der Waals surface area contributed by atoms with Gasteiger partial charge in [0.1, 0.15) is 5.69 Å². The van der Waals surface area contributed by atoms with E-state index in [2.05, 4.69) is 27.6 Å². The average Bonchev–Trinajstić information content (AvgIpc) is 3.29. The SMILES string of the molecule is CCc1c(-c2ccc(CNC)cc2)noc1-c1nc(-c2ccc(S(=O)(=O)C(C)C)cc2)cnc1N. The number of nitrogens with one attached hydrogen (secondary N) is 1. The first kappa shape index (κ1) is 24.6. The smallest absolute Gasteiger partial charge is 0.192 e. The molecule has 8 nitrogen and oxygen atoms in total. The molecule has 0 bridgehead atoms. The number of nitrogens with two attached hydrogens (primary N) is 1. The number of hydrogen-bond donors (Lipinski definition) is 2. The Morgan fingerprint density at radius 3 is 2.26 bits per heavy atom. The highest BCUT2D eigenvalue weighted by atomic mass is 32.2. The first-order chi connectivity index (χ1) is 16.8. The Morgan fingerprint density at radius 1 is 1.00 bits per heavy atom. The van der Waals surface area contributed by atoms with Gasteiger partial charge < -0.3 is 15.6 Å². The number of anilines is 1. The molecule has 0 fully saturated rings. The molecule has 0 saturated heterocycles. The number of hydrogen-bond acceptors (Lipinski definition) is 8. The van der Waals surface area contributed by atoms with Crippen molar-refractivity contribution in [3.05, 3.63) is 65.9 Å². The second kappa shape index (κ2) is 9.97. The molecule has 0 aliphatic heterocycles. The molecule has 0 aliphatic carbocycles. The molecule has 0 spiro atoms. The highest BCUT2D eigenvalue weighted by Crippen LogP contribution is 2.35. The summed E-state index contributed by atoms with van der Waals surface area (Å²) in [5, 5.41) is 6.97. The summed E-state index contributed by atoms with van der Waals surface area (Å²) in [4.78, 5) is 9.31. The van der Waals surface area contributed by atoms with E-state index in [1.54, 1.807) is 44.3 Å². The van der Waals surface area contributed by atoms with E-state index in [-0.39, 0.29) is 10.7 Å². The highest BCUT2D eigenvalue weighted by molar-refractivity contribution is 7.92. The van der Waals surface area contributed by atoms with Crippen molar-refractivity contribution in [2.75, 3.05) is 12.8 Å². The molecule has 0 radical (unpaired) electrons. The third-order valence-electron chi connectivity index (χ3n) is 5.87. The molecular formula is C26H29N5O3S. The molecule has 0 saturated carbocycles. The predicted molar refractivity (Wildman–Crippen MR) is 137 cm³/mol. The van der Waals surface area contributed by atoms with E-state index in [9.17, 15) is 8.42 Å². The molecule has 2 aromatic heterocycles. The van der Waals surface area contributed by atoms with Gasteiger partial charge >= 0.3 is 0 Å². The average molecular weight is 492 g/mol. The van der Waals surface area contributed by atoms with Crippen LogP contribution in [0.25, 0.3) is 34.0 Å². The van der Waals surface area contributed by atoms with Crippen LogP contribution in [0.3, 0.4) is 0 Å². The summed E-state index contributed by atoms with van der Waals surface area (Å²) in [5.41, 5.74) is 11.6. The van der Waals surface area contributed by atoms with Crippen LogP contribution in [0.5, 0.6) is 0 Å². The maximum atomic E-state index is 12.4. The topological polar surface area (TPSA) is 124 Å². The standard InChI is InChI=1S/C26H29N5O3S/c1-5-21-23(19-8-6-17(7-9-19)14-28-4)31-34-25(21)24-26(27)29-15-22(30-24)18-10-12-20(13-11-18)35(32,33)16(2)3/h6-13,15-16,28H,5,14H2,1-4H3,(H2,27,29). The van der Waals surface area contributed by atoms with Crippen LogP contribution in [0.2, 0.25) is 0 Å². The normalized spacial score (nSPS) is 11.8. The summed E-state index contributed by atoms with van der Waals surface area (Å²) in [6.07, 6.45) is 2.23. The second-order valence-corrected chi connectivity index (χ2v) is 11.0. The van der Waals surface area contributed by atoms with Crippen LogP contribution in [-0.2, 0) is 22.8 Å². The van der Waals surface area contributed by atoms with Gasteiger partial charge in [-0.15, -0.1) is 0 Å². The Bertz CT molecular complexity index is 1430. The maximum absolute atomic E-state index is 12.4. The van der Waals surface area contributed by atoms with E-state index < -0.39 is 15.1 Å². The number of sulfone groups is 1. The van der Waals surface area contributed by atoms with Gasteiger partial charge in [-0.05, 0) is 45.0 Å². The maximum Gasteiger partial charge on any atom is 0.192 e. The Morgan fingerprint density at radius 2 is 1.66 bits per heavy atom. The minimum atomic E-state index is -3.36. The van der Waals surface area contributed by atoms with Crippen molar-refractivity contribution in [3.63, 3.8) is 0 Å². The lowest BCUT2D eigenvalue weighted by Gasteiger charge is -2.09. The van der Waals surface area contributed by atoms with Gasteiger partial charge in [0.25, 0.3) is 0 Å². The fraction of sp³-hybridized carbons (Fsp3) is 0.269. The number of nitrogen functional groups attached to an aromatic ring is 1. The lowest BCUT2D eigenvalue weighted by atomic mass is 10.0. The van der Waals surface area contributed by atoms with Crippen LogP contribution < -0.4 is 11.1 Å². The van der Waals surface area contributed by atoms with Crippen LogP contribution in [0.1, 0.15) is 31.9 Å². The van der Waals surface area contributed by atoms with Crippen LogP contribution in [0, 0.1) is 0 Å². The van der Waals surface area contributed by atoms with Gasteiger partial charge in [-0.3, -0.25) is 0 Å². The van der Waals surface area contributed by atoms with Gasteiger partial charge in [-0.1, -0.05) is 48.5 Å². The van der Waals surface area contributed by atoms with Crippen molar-refractivity contribution >= 4 is 15.7 Å². The molecule has 2 aromatic carbocycles. The van der Waals surface area contributed by atoms with E-state index in [1.165, 1.54) is 5.56 Å². The number of rotatable bonds is 8. The van der Waals surface area contributed by atoms with Gasteiger partial charge in [0.05, 0.1) is 22.0 Å². The van der Waals surface area contributed by atoms with E-state index >= 15 is 0 Å². The number of nitrogens with zero attached hydrogens (tertiary/aromatic N) is 3. The fourth-order valence-corrected chi connectivity index (χ4v) is 4.89. The summed E-state index contributed by atoms with van der Waals surface area (Å²) in [7, 11) is -1.44. The summed E-state index contributed by atoms with van der Waals surface area (Å²) in [5.74, 6) is 0.710. The van der Waals surface area contributed by atoms with Gasteiger partial charge in [0, 0.05) is 23.2 Å². The summed E-state index contributed by atoms with van der Waals surface area (Å²) >= 11 is 0. The first-order valence-corrected chi connectivity index (χ1v) is 13.0. The second-order valence-electron chi connectivity index (χ2n) is 8.53. The molecule has 2 heterocycles. The lowest BCUT2D eigenvalue weighted by molar-refractivity contribution is 0.433. The number of aromatic nitrogens is 3. The van der Waals surface area contributed by atoms with Gasteiger partial charge in [-0.2, -0.15) is 0 Å². The first-order valence-electron chi connectivity index (χ1n) is 11.5. The van der Waals surface area contributed by atoms with Crippen molar-refractivity contribution in [3.8, 4) is 34.0 Å². The van der Waals surface area contributed by atoms with Crippen molar-refractivity contribution in [1.82, 2.24) is 20.4 Å². The molecule has 0 unspecified atom stereocenters. The molecule has 9 heteroatoms. The third kappa shape index (κ3) is 4.82. The molecule has 0 atom stereocenters. The summed E-state index contributed by atoms with van der Waals surface area (Å²) in [6, 6.07) is 14.8. The monoisotopic (exact) mass is 491 g/mol. The van der Waals surface area contributed by atoms with Crippen LogP contribution in [0.4, 0.5) is 5.82 Å². The molecule has 4 aromatic rings. The molecule has 0 aliphatic rings. The Kier molecular flexibility index (Phi) is 7.00.